The van der Waals surface area contributed by atoms with E-state index < -0.39 is 0 Å². The molecular formula is C13H27IN2. The van der Waals surface area contributed by atoms with Gasteiger partial charge in [-0.25, -0.2) is 0 Å². The lowest BCUT2D eigenvalue weighted by molar-refractivity contribution is -0.133. The first-order chi connectivity index (χ1) is 7.30. The van der Waals surface area contributed by atoms with Crippen LogP contribution in [0.3, 0.4) is 0 Å². The third-order valence-corrected chi connectivity index (χ3v) is 5.58. The third-order valence-electron chi connectivity index (χ3n) is 4.75. The third kappa shape index (κ3) is 2.27. The highest BCUT2D eigenvalue weighted by atomic mass is 127. The van der Waals surface area contributed by atoms with Crippen LogP contribution >= 0.6 is 22.6 Å². The van der Waals surface area contributed by atoms with Crippen LogP contribution in [0.5, 0.6) is 0 Å². The molecule has 0 amide bonds. The van der Waals surface area contributed by atoms with E-state index >= 15 is 0 Å². The minimum absolute atomic E-state index is 0.206. The average Bonchev–Trinajstić information content (AvgIpc) is 2.17. The number of rotatable bonds is 5. The fraction of sp³-hybridized carbons (Fsp3) is 1.00. The van der Waals surface area contributed by atoms with Crippen LogP contribution in [0.2, 0.25) is 0 Å². The van der Waals surface area contributed by atoms with Crippen LogP contribution in [0, 0.1) is 11.3 Å². The number of alkyl halides is 1. The van der Waals surface area contributed by atoms with Gasteiger partial charge in [0.15, 0.2) is 0 Å². The second-order valence-electron chi connectivity index (χ2n) is 6.04. The topological polar surface area (TPSA) is 6.48 Å². The summed E-state index contributed by atoms with van der Waals surface area (Å²) in [6.07, 6.45) is 2.74. The molecule has 1 fully saturated rings. The van der Waals surface area contributed by atoms with Crippen LogP contribution in [-0.2, 0) is 0 Å². The maximum absolute atomic E-state index is 2.60. The highest BCUT2D eigenvalue weighted by molar-refractivity contribution is 14.1. The van der Waals surface area contributed by atoms with Crippen LogP contribution < -0.4 is 0 Å². The highest BCUT2D eigenvalue weighted by Crippen LogP contribution is 2.53. The van der Waals surface area contributed by atoms with Gasteiger partial charge in [-0.3, -0.25) is 9.80 Å². The van der Waals surface area contributed by atoms with E-state index in [1.807, 2.05) is 0 Å². The van der Waals surface area contributed by atoms with Crippen molar-refractivity contribution < 1.29 is 0 Å². The summed E-state index contributed by atoms with van der Waals surface area (Å²) in [7, 11) is 4.45. The van der Waals surface area contributed by atoms with Gasteiger partial charge in [0.05, 0.1) is 10.2 Å². The van der Waals surface area contributed by atoms with Crippen molar-refractivity contribution in [2.75, 3.05) is 25.2 Å². The number of hydrogen-bond acceptors (Lipinski definition) is 2. The summed E-state index contributed by atoms with van der Waals surface area (Å²) in [4.78, 5) is 5.01. The van der Waals surface area contributed by atoms with Gasteiger partial charge in [0.2, 0.25) is 0 Å². The summed E-state index contributed by atoms with van der Waals surface area (Å²) in [6.45, 7) is 10.7. The van der Waals surface area contributed by atoms with Gasteiger partial charge in [-0.15, -0.1) is 0 Å². The molecule has 2 atom stereocenters. The van der Waals surface area contributed by atoms with Crippen molar-refractivity contribution in [2.24, 2.45) is 11.3 Å². The minimum atomic E-state index is 0.206. The molecule has 1 aliphatic rings. The minimum Gasteiger partial charge on any atom is -0.291 e. The molecule has 0 N–H and O–H groups in total. The summed E-state index contributed by atoms with van der Waals surface area (Å²) in [5.41, 5.74) is 0.704. The first-order valence-electron chi connectivity index (χ1n) is 6.29. The Labute approximate surface area is 115 Å². The molecule has 16 heavy (non-hydrogen) atoms. The number of nitrogens with zero attached hydrogens (tertiary/aromatic N) is 2. The normalized spacial score (nSPS) is 27.9. The predicted molar refractivity (Wildman–Crippen MR) is 79.9 cm³/mol. The molecule has 1 aliphatic carbocycles. The molecule has 1 saturated carbocycles. The monoisotopic (exact) mass is 338 g/mol. The predicted octanol–water partition coefficient (Wildman–Crippen LogP) is 3.41. The van der Waals surface area contributed by atoms with Gasteiger partial charge in [-0.2, -0.15) is 0 Å². The van der Waals surface area contributed by atoms with Crippen molar-refractivity contribution in [3.8, 4) is 0 Å². The average molecular weight is 338 g/mol. The first-order valence-corrected chi connectivity index (χ1v) is 7.81. The molecule has 96 valence electrons. The van der Waals surface area contributed by atoms with E-state index in [0.29, 0.717) is 5.41 Å². The van der Waals surface area contributed by atoms with Crippen molar-refractivity contribution >= 4 is 22.6 Å². The Balaban J connectivity index is 2.97. The van der Waals surface area contributed by atoms with Crippen LogP contribution in [0.1, 0.15) is 40.5 Å². The van der Waals surface area contributed by atoms with Crippen molar-refractivity contribution in [1.29, 1.82) is 0 Å². The van der Waals surface area contributed by atoms with E-state index in [-0.39, 0.29) is 5.66 Å². The van der Waals surface area contributed by atoms with Crippen LogP contribution in [0.25, 0.3) is 0 Å². The van der Waals surface area contributed by atoms with Crippen molar-refractivity contribution in [2.45, 2.75) is 46.2 Å². The van der Waals surface area contributed by atoms with Gasteiger partial charge < -0.3 is 0 Å². The number of halogens is 1. The molecule has 0 saturated heterocycles. The first kappa shape index (κ1) is 14.7. The molecule has 0 aliphatic heterocycles. The molecule has 0 radical (unpaired) electrons. The van der Waals surface area contributed by atoms with Gasteiger partial charge in [0, 0.05) is 0 Å². The Morgan fingerprint density at radius 2 is 1.94 bits per heavy atom. The molecule has 0 bridgehead atoms. The standard InChI is InChI=1S/C13H27IN2/c1-7-16(10-14)13(4,15(5)6)11-8-9-12(11,2)3/h11H,7-10H2,1-6H3. The lowest BCUT2D eigenvalue weighted by Gasteiger charge is -2.60. The molecule has 1 rings (SSSR count). The Bertz CT molecular complexity index is 236. The van der Waals surface area contributed by atoms with E-state index in [2.05, 4.69) is 74.2 Å². The lowest BCUT2D eigenvalue weighted by atomic mass is 9.57. The van der Waals surface area contributed by atoms with E-state index in [0.717, 1.165) is 17.0 Å². The fourth-order valence-corrected chi connectivity index (χ4v) is 4.39. The van der Waals surface area contributed by atoms with Gasteiger partial charge in [-0.1, -0.05) is 43.4 Å². The maximum Gasteiger partial charge on any atom is 0.0744 e. The molecule has 0 aromatic rings. The number of hydrogen-bond donors (Lipinski definition) is 0. The molecule has 2 nitrogen and oxygen atoms in total. The van der Waals surface area contributed by atoms with Crippen molar-refractivity contribution in [3.63, 3.8) is 0 Å². The highest BCUT2D eigenvalue weighted by Gasteiger charge is 2.52. The summed E-state index contributed by atoms with van der Waals surface area (Å²) < 4.78 is 1.11. The molecule has 3 heteroatoms. The Hall–Kier alpha value is 0.650. The fourth-order valence-electron chi connectivity index (χ4n) is 3.22. The Kier molecular flexibility index (Phi) is 4.69. The molecule has 0 aromatic heterocycles. The zero-order valence-corrected chi connectivity index (χ0v) is 13.8. The smallest absolute Gasteiger partial charge is 0.0744 e. The summed E-state index contributed by atoms with van der Waals surface area (Å²) in [5.74, 6) is 0.782. The zero-order valence-electron chi connectivity index (χ0n) is 11.7. The van der Waals surface area contributed by atoms with Gasteiger partial charge in [-0.05, 0) is 51.7 Å². The summed E-state index contributed by atoms with van der Waals surface area (Å²) >= 11 is 2.49. The van der Waals surface area contributed by atoms with E-state index in [4.69, 9.17) is 0 Å². The van der Waals surface area contributed by atoms with Gasteiger partial charge in [0.25, 0.3) is 0 Å². The Morgan fingerprint density at radius 1 is 1.38 bits per heavy atom. The summed E-state index contributed by atoms with van der Waals surface area (Å²) in [6, 6.07) is 0. The molecule has 2 unspecified atom stereocenters. The van der Waals surface area contributed by atoms with Crippen molar-refractivity contribution in [1.82, 2.24) is 9.80 Å². The van der Waals surface area contributed by atoms with E-state index in [9.17, 15) is 0 Å². The Morgan fingerprint density at radius 3 is 2.12 bits per heavy atom. The van der Waals surface area contributed by atoms with Crippen LogP contribution in [0.4, 0.5) is 0 Å². The maximum atomic E-state index is 2.60. The quantitative estimate of drug-likeness (QED) is 0.328. The van der Waals surface area contributed by atoms with Gasteiger partial charge in [0.1, 0.15) is 0 Å². The SMILES string of the molecule is CCN(CI)C(C)(C1CCC1(C)C)N(C)C. The second-order valence-corrected chi connectivity index (χ2v) is 6.73. The zero-order chi connectivity index (χ0) is 12.6. The summed E-state index contributed by atoms with van der Waals surface area (Å²) in [5, 5.41) is 0. The van der Waals surface area contributed by atoms with Crippen LogP contribution in [0.15, 0.2) is 0 Å². The molecular weight excluding hydrogens is 311 g/mol. The van der Waals surface area contributed by atoms with Crippen LogP contribution in [-0.4, -0.2) is 40.7 Å². The molecule has 0 spiro atoms. The molecule has 0 aromatic carbocycles. The largest absolute Gasteiger partial charge is 0.291 e. The van der Waals surface area contributed by atoms with Gasteiger partial charge >= 0.3 is 0 Å². The lowest BCUT2D eigenvalue weighted by Crippen LogP contribution is -2.65. The molecule has 0 heterocycles. The van der Waals surface area contributed by atoms with E-state index in [1.54, 1.807) is 0 Å². The second kappa shape index (κ2) is 5.11. The van der Waals surface area contributed by atoms with E-state index in [1.165, 1.54) is 12.8 Å². The van der Waals surface area contributed by atoms with Crippen molar-refractivity contribution in [3.05, 3.63) is 0 Å².